The summed E-state index contributed by atoms with van der Waals surface area (Å²) >= 11 is 0. The highest BCUT2D eigenvalue weighted by Crippen LogP contribution is 2.33. The standard InChI is InChI=1S/C20H26N4O3S/c1-15-7-9-24(10-8-15)20-6-3-16(14-21-20)22-28(25,26)17-4-5-19-18(13-17)23(2)11-12-27-19/h3-6,13-15,22H,7-12H2,1-2H3. The van der Waals surface area contributed by atoms with Gasteiger partial charge in [0.1, 0.15) is 18.2 Å². The molecule has 0 radical (unpaired) electrons. The lowest BCUT2D eigenvalue weighted by molar-refractivity contribution is 0.311. The molecule has 28 heavy (non-hydrogen) atoms. The van der Waals surface area contributed by atoms with Crippen LogP contribution in [0.2, 0.25) is 0 Å². The Kier molecular flexibility index (Phi) is 5.05. The maximum Gasteiger partial charge on any atom is 0.262 e. The van der Waals surface area contributed by atoms with Crippen molar-refractivity contribution in [3.63, 3.8) is 0 Å². The van der Waals surface area contributed by atoms with Gasteiger partial charge in [0, 0.05) is 20.1 Å². The number of benzene rings is 1. The molecule has 2 aromatic rings. The molecule has 0 saturated carbocycles. The van der Waals surface area contributed by atoms with Crippen LogP contribution in [-0.4, -0.2) is 46.7 Å². The highest BCUT2D eigenvalue weighted by molar-refractivity contribution is 7.92. The molecule has 2 aliphatic heterocycles. The van der Waals surface area contributed by atoms with Crippen LogP contribution in [0.3, 0.4) is 0 Å². The van der Waals surface area contributed by atoms with Crippen molar-refractivity contribution in [3.8, 4) is 5.75 Å². The fraction of sp³-hybridized carbons (Fsp3) is 0.450. The van der Waals surface area contributed by atoms with Gasteiger partial charge >= 0.3 is 0 Å². The molecule has 0 amide bonds. The van der Waals surface area contributed by atoms with Crippen molar-refractivity contribution >= 4 is 27.2 Å². The number of ether oxygens (including phenoxy) is 1. The first kappa shape index (κ1) is 18.9. The molecular weight excluding hydrogens is 376 g/mol. The van der Waals surface area contributed by atoms with E-state index in [1.807, 2.05) is 18.0 Å². The molecular formula is C20H26N4O3S. The van der Waals surface area contributed by atoms with Crippen LogP contribution in [-0.2, 0) is 10.0 Å². The Hall–Kier alpha value is -2.48. The molecule has 150 valence electrons. The van der Waals surface area contributed by atoms with Gasteiger partial charge in [0.15, 0.2) is 0 Å². The Morgan fingerprint density at radius 3 is 2.64 bits per heavy atom. The number of pyridine rings is 1. The topological polar surface area (TPSA) is 74.8 Å². The van der Waals surface area contributed by atoms with E-state index in [1.165, 1.54) is 0 Å². The molecule has 1 saturated heterocycles. The van der Waals surface area contributed by atoms with E-state index in [2.05, 4.69) is 21.5 Å². The van der Waals surface area contributed by atoms with Gasteiger partial charge in [0.2, 0.25) is 0 Å². The number of nitrogens with one attached hydrogen (secondary N) is 1. The minimum Gasteiger partial charge on any atom is -0.490 e. The molecule has 1 aromatic carbocycles. The zero-order chi connectivity index (χ0) is 19.7. The van der Waals surface area contributed by atoms with Crippen LogP contribution in [0.1, 0.15) is 19.8 Å². The third-order valence-electron chi connectivity index (χ3n) is 5.44. The number of likely N-dealkylation sites (N-methyl/N-ethyl adjacent to an activating group) is 1. The number of hydrogen-bond donors (Lipinski definition) is 1. The number of nitrogens with zero attached hydrogens (tertiary/aromatic N) is 3. The van der Waals surface area contributed by atoms with Crippen molar-refractivity contribution in [1.29, 1.82) is 0 Å². The van der Waals surface area contributed by atoms with Crippen molar-refractivity contribution in [2.45, 2.75) is 24.7 Å². The minimum atomic E-state index is -3.70. The SMILES string of the molecule is CC1CCN(c2ccc(NS(=O)(=O)c3ccc4c(c3)N(C)CCO4)cn2)CC1. The summed E-state index contributed by atoms with van der Waals surface area (Å²) < 4.78 is 33.8. The first-order valence-electron chi connectivity index (χ1n) is 9.64. The van der Waals surface area contributed by atoms with E-state index in [4.69, 9.17) is 4.74 Å². The number of piperidine rings is 1. The monoisotopic (exact) mass is 402 g/mol. The second-order valence-corrected chi connectivity index (χ2v) is 9.26. The molecule has 2 aliphatic rings. The molecule has 1 aromatic heterocycles. The maximum atomic E-state index is 12.8. The molecule has 0 bridgehead atoms. The Balaban J connectivity index is 1.49. The van der Waals surface area contributed by atoms with Crippen molar-refractivity contribution in [3.05, 3.63) is 36.5 Å². The Labute approximate surface area is 166 Å². The molecule has 0 spiro atoms. The predicted molar refractivity (Wildman–Crippen MR) is 111 cm³/mol. The molecule has 7 nitrogen and oxygen atoms in total. The lowest BCUT2D eigenvalue weighted by Gasteiger charge is -2.31. The van der Waals surface area contributed by atoms with Crippen LogP contribution >= 0.6 is 0 Å². The number of rotatable bonds is 4. The van der Waals surface area contributed by atoms with E-state index in [9.17, 15) is 8.42 Å². The smallest absolute Gasteiger partial charge is 0.262 e. The van der Waals surface area contributed by atoms with Crippen LogP contribution in [0.25, 0.3) is 0 Å². The van der Waals surface area contributed by atoms with Gasteiger partial charge in [0.05, 0.1) is 29.0 Å². The molecule has 1 fully saturated rings. The van der Waals surface area contributed by atoms with Gasteiger partial charge in [-0.05, 0) is 49.1 Å². The molecule has 0 aliphatic carbocycles. The number of hydrogen-bond acceptors (Lipinski definition) is 6. The van der Waals surface area contributed by atoms with Crippen LogP contribution in [0.5, 0.6) is 5.75 Å². The second-order valence-electron chi connectivity index (χ2n) is 7.58. The second kappa shape index (κ2) is 7.50. The van der Waals surface area contributed by atoms with Gasteiger partial charge in [-0.1, -0.05) is 6.92 Å². The van der Waals surface area contributed by atoms with Crippen LogP contribution < -0.4 is 19.3 Å². The summed E-state index contributed by atoms with van der Waals surface area (Å²) in [5.74, 6) is 2.35. The normalized spacial score (nSPS) is 17.8. The first-order valence-corrected chi connectivity index (χ1v) is 11.1. The lowest BCUT2D eigenvalue weighted by atomic mass is 9.99. The van der Waals surface area contributed by atoms with Crippen molar-refractivity contribution in [2.75, 3.05) is 47.8 Å². The zero-order valence-corrected chi connectivity index (χ0v) is 17.1. The average Bonchev–Trinajstić information content (AvgIpc) is 2.69. The molecule has 8 heteroatoms. The number of sulfonamides is 1. The molecule has 3 heterocycles. The summed E-state index contributed by atoms with van der Waals surface area (Å²) in [5, 5.41) is 0. The lowest BCUT2D eigenvalue weighted by Crippen LogP contribution is -2.33. The zero-order valence-electron chi connectivity index (χ0n) is 16.3. The van der Waals surface area contributed by atoms with E-state index < -0.39 is 10.0 Å². The summed E-state index contributed by atoms with van der Waals surface area (Å²) in [6.45, 7) is 5.58. The minimum absolute atomic E-state index is 0.206. The summed E-state index contributed by atoms with van der Waals surface area (Å²) in [7, 11) is -1.78. The van der Waals surface area contributed by atoms with Gasteiger partial charge in [0.25, 0.3) is 10.0 Å². The van der Waals surface area contributed by atoms with Crippen molar-refractivity contribution in [2.24, 2.45) is 5.92 Å². The van der Waals surface area contributed by atoms with Gasteiger partial charge in [-0.2, -0.15) is 0 Å². The van der Waals surface area contributed by atoms with E-state index in [1.54, 1.807) is 30.5 Å². The van der Waals surface area contributed by atoms with Crippen LogP contribution in [0.15, 0.2) is 41.4 Å². The van der Waals surface area contributed by atoms with Gasteiger partial charge in [-0.3, -0.25) is 4.72 Å². The number of anilines is 3. The third-order valence-corrected chi connectivity index (χ3v) is 6.82. The largest absolute Gasteiger partial charge is 0.490 e. The summed E-state index contributed by atoms with van der Waals surface area (Å²) in [4.78, 5) is 8.91. The van der Waals surface area contributed by atoms with E-state index >= 15 is 0 Å². The maximum absolute atomic E-state index is 12.8. The van der Waals surface area contributed by atoms with E-state index in [-0.39, 0.29) is 4.90 Å². The fourth-order valence-electron chi connectivity index (χ4n) is 3.58. The van der Waals surface area contributed by atoms with Gasteiger partial charge < -0.3 is 14.5 Å². The quantitative estimate of drug-likeness (QED) is 0.848. The Bertz CT molecular complexity index is 938. The third kappa shape index (κ3) is 3.87. The number of fused-ring (bicyclic) bond motifs is 1. The number of aromatic nitrogens is 1. The molecule has 4 rings (SSSR count). The Morgan fingerprint density at radius 2 is 1.93 bits per heavy atom. The van der Waals surface area contributed by atoms with E-state index in [0.717, 1.165) is 49.9 Å². The fourth-order valence-corrected chi connectivity index (χ4v) is 4.65. The molecule has 0 atom stereocenters. The van der Waals surface area contributed by atoms with Crippen LogP contribution in [0.4, 0.5) is 17.2 Å². The van der Waals surface area contributed by atoms with Crippen molar-refractivity contribution < 1.29 is 13.2 Å². The first-order chi connectivity index (χ1) is 13.4. The molecule has 1 N–H and O–H groups in total. The van der Waals surface area contributed by atoms with E-state index in [0.29, 0.717) is 18.0 Å². The summed E-state index contributed by atoms with van der Waals surface area (Å²) in [5.41, 5.74) is 1.23. The Morgan fingerprint density at radius 1 is 1.14 bits per heavy atom. The highest BCUT2D eigenvalue weighted by Gasteiger charge is 2.21. The van der Waals surface area contributed by atoms with Gasteiger partial charge in [-0.15, -0.1) is 0 Å². The summed E-state index contributed by atoms with van der Waals surface area (Å²) in [6.07, 6.45) is 3.90. The molecule has 0 unspecified atom stereocenters. The van der Waals surface area contributed by atoms with Gasteiger partial charge in [-0.25, -0.2) is 13.4 Å². The van der Waals surface area contributed by atoms with Crippen LogP contribution in [0, 0.1) is 5.92 Å². The average molecular weight is 403 g/mol. The predicted octanol–water partition coefficient (Wildman–Crippen LogP) is 2.95. The highest BCUT2D eigenvalue weighted by atomic mass is 32.2. The van der Waals surface area contributed by atoms with Crippen molar-refractivity contribution in [1.82, 2.24) is 4.98 Å². The summed E-state index contributed by atoms with van der Waals surface area (Å²) in [6, 6.07) is 8.57.